The number of hydrogen-bond donors (Lipinski definition) is 3. The van der Waals surface area contributed by atoms with Crippen LogP contribution in [0.25, 0.3) is 11.2 Å². The highest BCUT2D eigenvalue weighted by molar-refractivity contribution is 5.82. The van der Waals surface area contributed by atoms with E-state index in [9.17, 15) is 5.11 Å². The van der Waals surface area contributed by atoms with E-state index in [1.165, 1.54) is 0 Å². The first kappa shape index (κ1) is 10.3. The van der Waals surface area contributed by atoms with Gasteiger partial charge in [0, 0.05) is 0 Å². The molecule has 17 heavy (non-hydrogen) atoms. The Kier molecular flexibility index (Phi) is 2.15. The molecule has 1 aliphatic carbocycles. The number of aliphatic hydroxyl groups excluding tert-OH is 1. The quantitative estimate of drug-likeness (QED) is 0.643. The summed E-state index contributed by atoms with van der Waals surface area (Å²) in [7, 11) is 0. The van der Waals surface area contributed by atoms with E-state index in [4.69, 9.17) is 11.5 Å². The van der Waals surface area contributed by atoms with Crippen LogP contribution in [0, 0.1) is 0 Å². The van der Waals surface area contributed by atoms with E-state index in [0.29, 0.717) is 11.2 Å². The Morgan fingerprint density at radius 1 is 1.29 bits per heavy atom. The number of aliphatic hydroxyl groups is 1. The predicted molar refractivity (Wildman–Crippen MR) is 63.0 cm³/mol. The Labute approximate surface area is 97.5 Å². The highest BCUT2D eigenvalue weighted by atomic mass is 16.3. The number of nitrogen functional groups attached to an aromatic ring is 2. The van der Waals surface area contributed by atoms with Crippen molar-refractivity contribution in [3.63, 3.8) is 0 Å². The molecule has 2 aromatic rings. The molecule has 5 N–H and O–H groups in total. The van der Waals surface area contributed by atoms with Gasteiger partial charge in [0.15, 0.2) is 11.5 Å². The molecule has 0 aromatic carbocycles. The normalized spacial score (nSPS) is 24.5. The van der Waals surface area contributed by atoms with Crippen LogP contribution < -0.4 is 11.5 Å². The maximum absolute atomic E-state index is 9.90. The van der Waals surface area contributed by atoms with Crippen molar-refractivity contribution in [2.24, 2.45) is 0 Å². The average Bonchev–Trinajstić information content (AvgIpc) is 2.84. The number of fused-ring (bicyclic) bond motifs is 1. The first-order chi connectivity index (χ1) is 8.16. The fourth-order valence-corrected chi connectivity index (χ4v) is 2.44. The average molecular weight is 234 g/mol. The molecule has 0 aliphatic heterocycles. The molecule has 0 radical (unpaired) electrons. The summed E-state index contributed by atoms with van der Waals surface area (Å²) in [6.45, 7) is 0. The molecule has 2 aromatic heterocycles. The van der Waals surface area contributed by atoms with Gasteiger partial charge in [0.1, 0.15) is 5.52 Å². The Hall–Kier alpha value is -1.89. The summed E-state index contributed by atoms with van der Waals surface area (Å²) in [6.07, 6.45) is 4.01. The SMILES string of the molecule is Nc1nc(N)c2ncn([C@H]3CCC[C@@H]3O)c2n1. The molecule has 1 fully saturated rings. The van der Waals surface area contributed by atoms with Crippen molar-refractivity contribution in [2.75, 3.05) is 11.5 Å². The van der Waals surface area contributed by atoms with Crippen LogP contribution in [-0.4, -0.2) is 30.7 Å². The van der Waals surface area contributed by atoms with Crippen LogP contribution in [0.5, 0.6) is 0 Å². The number of anilines is 2. The lowest BCUT2D eigenvalue weighted by Crippen LogP contribution is -2.18. The molecular weight excluding hydrogens is 220 g/mol. The summed E-state index contributed by atoms with van der Waals surface area (Å²) in [5, 5.41) is 9.90. The first-order valence-corrected chi connectivity index (χ1v) is 5.60. The molecule has 0 unspecified atom stereocenters. The monoisotopic (exact) mass is 234 g/mol. The zero-order chi connectivity index (χ0) is 12.0. The highest BCUT2D eigenvalue weighted by Crippen LogP contribution is 2.32. The van der Waals surface area contributed by atoms with Gasteiger partial charge < -0.3 is 21.1 Å². The zero-order valence-corrected chi connectivity index (χ0v) is 9.24. The summed E-state index contributed by atoms with van der Waals surface area (Å²) in [5.74, 6) is 0.406. The predicted octanol–water partition coefficient (Wildman–Crippen LogP) is 0.0766. The van der Waals surface area contributed by atoms with E-state index in [-0.39, 0.29) is 23.9 Å². The Morgan fingerprint density at radius 2 is 2.12 bits per heavy atom. The molecule has 1 saturated carbocycles. The smallest absolute Gasteiger partial charge is 0.224 e. The minimum absolute atomic E-state index is 0.00806. The fraction of sp³-hybridized carbons (Fsp3) is 0.500. The summed E-state index contributed by atoms with van der Waals surface area (Å²) >= 11 is 0. The molecule has 7 heteroatoms. The lowest BCUT2D eigenvalue weighted by atomic mass is 10.2. The van der Waals surface area contributed by atoms with Crippen LogP contribution in [0.3, 0.4) is 0 Å². The van der Waals surface area contributed by atoms with E-state index in [1.807, 2.05) is 4.57 Å². The van der Waals surface area contributed by atoms with Crippen molar-refractivity contribution < 1.29 is 5.11 Å². The van der Waals surface area contributed by atoms with Gasteiger partial charge in [-0.3, -0.25) is 0 Å². The molecule has 1 aliphatic rings. The van der Waals surface area contributed by atoms with E-state index in [2.05, 4.69) is 15.0 Å². The number of hydrogen-bond acceptors (Lipinski definition) is 6. The van der Waals surface area contributed by atoms with Crippen molar-refractivity contribution in [3.05, 3.63) is 6.33 Å². The van der Waals surface area contributed by atoms with Gasteiger partial charge in [0.25, 0.3) is 0 Å². The molecule has 3 rings (SSSR count). The van der Waals surface area contributed by atoms with Gasteiger partial charge in [-0.25, -0.2) is 4.98 Å². The Balaban J connectivity index is 2.17. The number of nitrogens with two attached hydrogens (primary N) is 2. The third-order valence-electron chi connectivity index (χ3n) is 3.27. The van der Waals surface area contributed by atoms with Crippen molar-refractivity contribution in [1.82, 2.24) is 19.5 Å². The van der Waals surface area contributed by atoms with Gasteiger partial charge >= 0.3 is 0 Å². The lowest BCUT2D eigenvalue weighted by Gasteiger charge is -2.16. The maximum atomic E-state index is 9.90. The van der Waals surface area contributed by atoms with E-state index >= 15 is 0 Å². The second-order valence-corrected chi connectivity index (χ2v) is 4.36. The van der Waals surface area contributed by atoms with Gasteiger partial charge in [0.2, 0.25) is 5.95 Å². The van der Waals surface area contributed by atoms with Gasteiger partial charge in [-0.2, -0.15) is 9.97 Å². The van der Waals surface area contributed by atoms with Crippen molar-refractivity contribution in [1.29, 1.82) is 0 Å². The zero-order valence-electron chi connectivity index (χ0n) is 9.24. The van der Waals surface area contributed by atoms with Crippen LogP contribution in [-0.2, 0) is 0 Å². The number of aromatic nitrogens is 4. The molecule has 0 spiro atoms. The van der Waals surface area contributed by atoms with Gasteiger partial charge in [0.05, 0.1) is 18.5 Å². The molecule has 0 bridgehead atoms. The van der Waals surface area contributed by atoms with Gasteiger partial charge in [-0.1, -0.05) is 0 Å². The van der Waals surface area contributed by atoms with Crippen molar-refractivity contribution >= 4 is 22.9 Å². The number of imidazole rings is 1. The number of nitrogens with zero attached hydrogens (tertiary/aromatic N) is 4. The second kappa shape index (κ2) is 3.56. The summed E-state index contributed by atoms with van der Waals surface area (Å²) < 4.78 is 1.85. The fourth-order valence-electron chi connectivity index (χ4n) is 2.44. The van der Waals surface area contributed by atoms with Crippen molar-refractivity contribution in [2.45, 2.75) is 31.4 Å². The molecule has 0 saturated heterocycles. The van der Waals surface area contributed by atoms with E-state index < -0.39 is 0 Å². The van der Waals surface area contributed by atoms with Crippen LogP contribution in [0.15, 0.2) is 6.33 Å². The summed E-state index contributed by atoms with van der Waals surface area (Å²) in [4.78, 5) is 12.2. The third-order valence-corrected chi connectivity index (χ3v) is 3.27. The molecule has 90 valence electrons. The van der Waals surface area contributed by atoms with E-state index in [0.717, 1.165) is 19.3 Å². The van der Waals surface area contributed by atoms with E-state index in [1.54, 1.807) is 6.33 Å². The lowest BCUT2D eigenvalue weighted by molar-refractivity contribution is 0.138. The van der Waals surface area contributed by atoms with Crippen LogP contribution >= 0.6 is 0 Å². The largest absolute Gasteiger partial charge is 0.391 e. The molecular formula is C10H14N6O. The minimum Gasteiger partial charge on any atom is -0.391 e. The standard InChI is InChI=1S/C10H14N6O/c11-8-7-9(15-10(12)14-8)16(4-13-7)5-2-1-3-6(5)17/h4-6,17H,1-3H2,(H4,11,12,14,15)/t5-,6-/m0/s1. The van der Waals surface area contributed by atoms with Gasteiger partial charge in [-0.05, 0) is 19.3 Å². The second-order valence-electron chi connectivity index (χ2n) is 4.36. The van der Waals surface area contributed by atoms with Crippen LogP contribution in [0.1, 0.15) is 25.3 Å². The Morgan fingerprint density at radius 3 is 2.82 bits per heavy atom. The van der Waals surface area contributed by atoms with Crippen LogP contribution in [0.4, 0.5) is 11.8 Å². The van der Waals surface area contributed by atoms with Crippen molar-refractivity contribution in [3.8, 4) is 0 Å². The maximum Gasteiger partial charge on any atom is 0.224 e. The third kappa shape index (κ3) is 1.50. The topological polar surface area (TPSA) is 116 Å². The summed E-state index contributed by atoms with van der Waals surface area (Å²) in [6, 6.07) is 0.00806. The minimum atomic E-state index is -0.357. The van der Waals surface area contributed by atoms with Gasteiger partial charge in [-0.15, -0.1) is 0 Å². The first-order valence-electron chi connectivity index (χ1n) is 5.60. The molecule has 2 heterocycles. The Bertz CT molecular complexity index is 565. The molecule has 2 atom stereocenters. The summed E-state index contributed by atoms with van der Waals surface area (Å²) in [5.41, 5.74) is 12.5. The number of rotatable bonds is 1. The molecule has 0 amide bonds. The van der Waals surface area contributed by atoms with Crippen LogP contribution in [0.2, 0.25) is 0 Å². The molecule has 7 nitrogen and oxygen atoms in total. The highest BCUT2D eigenvalue weighted by Gasteiger charge is 2.28.